The summed E-state index contributed by atoms with van der Waals surface area (Å²) in [7, 11) is 3.24. The molecule has 1 amide bonds. The van der Waals surface area contributed by atoms with Crippen molar-refractivity contribution in [3.05, 3.63) is 76.7 Å². The molecule has 0 bridgehead atoms. The van der Waals surface area contributed by atoms with Crippen LogP contribution in [0.3, 0.4) is 0 Å². The molecule has 158 valence electrons. The molecule has 1 N–H and O–H groups in total. The summed E-state index contributed by atoms with van der Waals surface area (Å²) in [5, 5.41) is 7.98. The maximum atomic E-state index is 12.9. The normalized spacial score (nSPS) is 11.0. The molecular formula is C23H21ClN4O3. The van der Waals surface area contributed by atoms with Crippen LogP contribution < -0.4 is 10.1 Å². The number of aryl methyl sites for hydroxylation is 1. The Kier molecular flexibility index (Phi) is 5.88. The Labute approximate surface area is 184 Å². The van der Waals surface area contributed by atoms with Gasteiger partial charge < -0.3 is 14.8 Å². The Hall–Kier alpha value is -3.42. The predicted molar refractivity (Wildman–Crippen MR) is 120 cm³/mol. The predicted octanol–water partition coefficient (Wildman–Crippen LogP) is 4.77. The summed E-state index contributed by atoms with van der Waals surface area (Å²) in [6, 6.07) is 14.7. The average Bonchev–Trinajstić information content (AvgIpc) is 3.15. The first-order valence-corrected chi connectivity index (χ1v) is 9.97. The Morgan fingerprint density at radius 1 is 1.13 bits per heavy atom. The molecule has 2 aromatic heterocycles. The Morgan fingerprint density at radius 2 is 1.87 bits per heavy atom. The van der Waals surface area contributed by atoms with E-state index in [1.807, 2.05) is 31.2 Å². The van der Waals surface area contributed by atoms with Crippen LogP contribution >= 0.6 is 11.6 Å². The van der Waals surface area contributed by atoms with Crippen molar-refractivity contribution in [2.24, 2.45) is 0 Å². The number of hydrogen-bond donors (Lipinski definition) is 1. The highest BCUT2D eigenvalue weighted by atomic mass is 35.5. The van der Waals surface area contributed by atoms with Gasteiger partial charge >= 0.3 is 0 Å². The van der Waals surface area contributed by atoms with Crippen molar-refractivity contribution in [3.8, 4) is 16.9 Å². The molecule has 2 aromatic carbocycles. The second-order valence-corrected chi connectivity index (χ2v) is 7.32. The number of ether oxygens (including phenoxy) is 2. The topological polar surface area (TPSA) is 77.8 Å². The number of nitrogens with one attached hydrogen (secondary N) is 1. The molecule has 0 spiro atoms. The lowest BCUT2D eigenvalue weighted by Gasteiger charge is -2.10. The number of para-hydroxylation sites is 1. The van der Waals surface area contributed by atoms with E-state index in [2.05, 4.69) is 15.4 Å². The Morgan fingerprint density at radius 3 is 2.55 bits per heavy atom. The number of nitrogens with zero attached hydrogens (tertiary/aromatic N) is 3. The van der Waals surface area contributed by atoms with Crippen LogP contribution in [0.1, 0.15) is 21.7 Å². The number of fused-ring (bicyclic) bond motifs is 1. The van der Waals surface area contributed by atoms with Gasteiger partial charge in [-0.1, -0.05) is 35.9 Å². The zero-order valence-corrected chi connectivity index (χ0v) is 18.1. The molecule has 0 fully saturated rings. The van der Waals surface area contributed by atoms with E-state index in [9.17, 15) is 4.79 Å². The van der Waals surface area contributed by atoms with Crippen LogP contribution in [0.4, 0.5) is 5.69 Å². The molecule has 0 saturated heterocycles. The number of benzene rings is 2. The van der Waals surface area contributed by atoms with Gasteiger partial charge in [0.1, 0.15) is 5.75 Å². The van der Waals surface area contributed by atoms with Gasteiger partial charge in [-0.2, -0.15) is 5.10 Å². The van der Waals surface area contributed by atoms with Gasteiger partial charge in [0.05, 0.1) is 46.9 Å². The fraction of sp³-hybridized carbons (Fsp3) is 0.174. The first-order chi connectivity index (χ1) is 15.0. The van der Waals surface area contributed by atoms with Crippen molar-refractivity contribution in [2.45, 2.75) is 13.5 Å². The molecule has 0 aliphatic heterocycles. The lowest BCUT2D eigenvalue weighted by molar-refractivity contribution is 0.102. The van der Waals surface area contributed by atoms with Crippen LogP contribution in [0.2, 0.25) is 5.02 Å². The van der Waals surface area contributed by atoms with E-state index >= 15 is 0 Å². The fourth-order valence-electron chi connectivity index (χ4n) is 3.41. The second kappa shape index (κ2) is 8.75. The van der Waals surface area contributed by atoms with Crippen LogP contribution in [0.25, 0.3) is 16.8 Å². The smallest absolute Gasteiger partial charge is 0.259 e. The van der Waals surface area contributed by atoms with Gasteiger partial charge in [0.2, 0.25) is 0 Å². The van der Waals surface area contributed by atoms with E-state index < -0.39 is 0 Å². The summed E-state index contributed by atoms with van der Waals surface area (Å²) >= 11 is 6.17. The van der Waals surface area contributed by atoms with Gasteiger partial charge in [0, 0.05) is 13.3 Å². The molecule has 0 aliphatic rings. The van der Waals surface area contributed by atoms with E-state index in [0.717, 1.165) is 22.6 Å². The van der Waals surface area contributed by atoms with Gasteiger partial charge in [0.25, 0.3) is 5.91 Å². The number of hydrogen-bond acceptors (Lipinski definition) is 5. The summed E-state index contributed by atoms with van der Waals surface area (Å²) in [4.78, 5) is 17.5. The zero-order valence-electron chi connectivity index (χ0n) is 17.3. The molecule has 7 nitrogen and oxygen atoms in total. The monoisotopic (exact) mass is 436 g/mol. The largest absolute Gasteiger partial charge is 0.497 e. The summed E-state index contributed by atoms with van der Waals surface area (Å²) in [6.07, 6.45) is 1.56. The quantitative estimate of drug-likeness (QED) is 0.471. The third-order valence-corrected chi connectivity index (χ3v) is 5.31. The summed E-state index contributed by atoms with van der Waals surface area (Å²) in [6.45, 7) is 2.14. The van der Waals surface area contributed by atoms with E-state index in [-0.39, 0.29) is 5.91 Å². The van der Waals surface area contributed by atoms with Crippen LogP contribution in [0.15, 0.2) is 54.7 Å². The number of amides is 1. The van der Waals surface area contributed by atoms with Crippen molar-refractivity contribution >= 4 is 28.8 Å². The Bertz CT molecular complexity index is 1250. The molecule has 31 heavy (non-hydrogen) atoms. The van der Waals surface area contributed by atoms with Crippen molar-refractivity contribution in [2.75, 3.05) is 19.5 Å². The summed E-state index contributed by atoms with van der Waals surface area (Å²) in [5.74, 6) is 0.450. The minimum atomic E-state index is -0.310. The van der Waals surface area contributed by atoms with E-state index in [4.69, 9.17) is 21.1 Å². The molecular weight excluding hydrogens is 416 g/mol. The Balaban J connectivity index is 1.79. The fourth-order valence-corrected chi connectivity index (χ4v) is 3.59. The molecule has 0 saturated carbocycles. The molecule has 4 aromatic rings. The van der Waals surface area contributed by atoms with Crippen LogP contribution in [-0.2, 0) is 11.3 Å². The molecule has 0 unspecified atom stereocenters. The number of methoxy groups -OCH3 is 2. The summed E-state index contributed by atoms with van der Waals surface area (Å²) in [5.41, 5.74) is 4.75. The van der Waals surface area contributed by atoms with E-state index in [1.54, 1.807) is 49.2 Å². The highest BCUT2D eigenvalue weighted by Gasteiger charge is 2.21. The number of anilines is 1. The summed E-state index contributed by atoms with van der Waals surface area (Å²) < 4.78 is 12.3. The standard InChI is InChI=1S/C23H21ClN4O3/c1-14-17(23(29)26-19-7-5-4-6-18(19)24)12-25-22-21(20(13-30-2)27-28(14)22)15-8-10-16(31-3)11-9-15/h4-12H,13H2,1-3H3,(H,26,29). The average molecular weight is 437 g/mol. The number of rotatable bonds is 6. The van der Waals surface area contributed by atoms with Crippen LogP contribution in [0.5, 0.6) is 5.75 Å². The zero-order chi connectivity index (χ0) is 22.0. The maximum absolute atomic E-state index is 12.9. The maximum Gasteiger partial charge on any atom is 0.259 e. The lowest BCUT2D eigenvalue weighted by atomic mass is 10.1. The lowest BCUT2D eigenvalue weighted by Crippen LogP contribution is -2.16. The van der Waals surface area contributed by atoms with Crippen molar-refractivity contribution < 1.29 is 14.3 Å². The third kappa shape index (κ3) is 3.97. The first-order valence-electron chi connectivity index (χ1n) is 9.60. The van der Waals surface area contributed by atoms with Crippen molar-refractivity contribution in [3.63, 3.8) is 0 Å². The molecule has 0 atom stereocenters. The molecule has 0 aliphatic carbocycles. The van der Waals surface area contributed by atoms with Gasteiger partial charge in [-0.15, -0.1) is 0 Å². The molecule has 4 rings (SSSR count). The minimum absolute atomic E-state index is 0.310. The highest BCUT2D eigenvalue weighted by molar-refractivity contribution is 6.33. The number of halogens is 1. The molecule has 2 heterocycles. The van der Waals surface area contributed by atoms with E-state index in [0.29, 0.717) is 34.2 Å². The second-order valence-electron chi connectivity index (χ2n) is 6.91. The third-order valence-electron chi connectivity index (χ3n) is 4.98. The van der Waals surface area contributed by atoms with Gasteiger partial charge in [0.15, 0.2) is 5.65 Å². The van der Waals surface area contributed by atoms with Crippen LogP contribution in [0, 0.1) is 6.92 Å². The van der Waals surface area contributed by atoms with Gasteiger partial charge in [-0.3, -0.25) is 4.79 Å². The van der Waals surface area contributed by atoms with Gasteiger partial charge in [-0.05, 0) is 36.8 Å². The van der Waals surface area contributed by atoms with E-state index in [1.165, 1.54) is 0 Å². The number of aromatic nitrogens is 3. The van der Waals surface area contributed by atoms with Crippen LogP contribution in [-0.4, -0.2) is 34.7 Å². The molecule has 8 heteroatoms. The first kappa shape index (κ1) is 20.8. The van der Waals surface area contributed by atoms with Gasteiger partial charge in [-0.25, -0.2) is 9.50 Å². The highest BCUT2D eigenvalue weighted by Crippen LogP contribution is 2.31. The SMILES string of the molecule is COCc1nn2c(C)c(C(=O)Nc3ccccc3Cl)cnc2c1-c1ccc(OC)cc1. The van der Waals surface area contributed by atoms with Crippen molar-refractivity contribution in [1.82, 2.24) is 14.6 Å². The minimum Gasteiger partial charge on any atom is -0.497 e. The number of carbonyl (C=O) groups excluding carboxylic acids is 1. The van der Waals surface area contributed by atoms with Crippen molar-refractivity contribution in [1.29, 1.82) is 0 Å². The molecule has 0 radical (unpaired) electrons. The number of carbonyl (C=O) groups is 1.